The van der Waals surface area contributed by atoms with Gasteiger partial charge in [-0.15, -0.1) is 0 Å². The zero-order valence-electron chi connectivity index (χ0n) is 16.8. The first-order valence-corrected chi connectivity index (χ1v) is 11.3. The molecule has 2 heterocycles. The van der Waals surface area contributed by atoms with Crippen molar-refractivity contribution in [3.8, 4) is 0 Å². The zero-order valence-corrected chi connectivity index (χ0v) is 17.6. The number of carbonyl (C=O) groups excluding carboxylic acids is 1. The maximum Gasteiger partial charge on any atom is 0.254 e. The number of hydrogen-bond acceptors (Lipinski definition) is 4. The van der Waals surface area contributed by atoms with Crippen LogP contribution in [0.15, 0.2) is 17.0 Å². The molecule has 1 amide bonds. The van der Waals surface area contributed by atoms with Crippen molar-refractivity contribution in [2.24, 2.45) is 5.92 Å². The summed E-state index contributed by atoms with van der Waals surface area (Å²) in [5.41, 5.74) is 2.04. The van der Waals surface area contributed by atoms with Crippen LogP contribution in [0.2, 0.25) is 0 Å². The van der Waals surface area contributed by atoms with Gasteiger partial charge in [0.2, 0.25) is 10.0 Å². The Kier molecular flexibility index (Phi) is 5.93. The van der Waals surface area contributed by atoms with E-state index in [1.165, 1.54) is 0 Å². The zero-order chi connectivity index (χ0) is 19.8. The Labute approximate surface area is 163 Å². The van der Waals surface area contributed by atoms with Crippen LogP contribution in [0.5, 0.6) is 0 Å². The topological polar surface area (TPSA) is 69.7 Å². The van der Waals surface area contributed by atoms with Gasteiger partial charge in [-0.25, -0.2) is 8.42 Å². The number of carbonyl (C=O) groups is 1. The van der Waals surface area contributed by atoms with Crippen molar-refractivity contribution in [3.05, 3.63) is 28.8 Å². The van der Waals surface area contributed by atoms with Gasteiger partial charge in [0.25, 0.3) is 5.91 Å². The maximum atomic E-state index is 13.3. The summed E-state index contributed by atoms with van der Waals surface area (Å²) in [6, 6.07) is 3.65. The van der Waals surface area contributed by atoms with Crippen molar-refractivity contribution >= 4 is 15.9 Å². The molecule has 6 nitrogen and oxygen atoms in total. The Morgan fingerprint density at radius 2 is 1.78 bits per heavy atom. The van der Waals surface area contributed by atoms with Crippen LogP contribution in [-0.2, 0) is 10.0 Å². The van der Waals surface area contributed by atoms with E-state index in [4.69, 9.17) is 0 Å². The molecule has 2 aliphatic rings. The first kappa shape index (κ1) is 20.3. The molecule has 27 heavy (non-hydrogen) atoms. The van der Waals surface area contributed by atoms with Crippen LogP contribution in [0.25, 0.3) is 0 Å². The standard InChI is InChI=1S/C20H31N3O3S/c1-14-5-8-23(9-6-14)27(25,26)19-12-18(11-15(2)17(19)4)20(24)22-10-7-21-16(3)13-22/h11-12,14,16,21H,5-10,13H2,1-4H3. The first-order valence-electron chi connectivity index (χ1n) is 9.84. The van der Waals surface area contributed by atoms with Crippen molar-refractivity contribution in [1.29, 1.82) is 0 Å². The molecule has 150 valence electrons. The lowest BCUT2D eigenvalue weighted by Crippen LogP contribution is -2.51. The molecule has 0 aromatic heterocycles. The number of nitrogens with zero attached hydrogens (tertiary/aromatic N) is 2. The lowest BCUT2D eigenvalue weighted by molar-refractivity contribution is 0.0708. The quantitative estimate of drug-likeness (QED) is 0.854. The molecular weight excluding hydrogens is 362 g/mol. The van der Waals surface area contributed by atoms with Gasteiger partial charge in [-0.3, -0.25) is 4.79 Å². The van der Waals surface area contributed by atoms with Crippen molar-refractivity contribution in [3.63, 3.8) is 0 Å². The van der Waals surface area contributed by atoms with Gasteiger partial charge in [-0.1, -0.05) is 6.92 Å². The number of benzene rings is 1. The predicted molar refractivity (Wildman–Crippen MR) is 106 cm³/mol. The van der Waals surface area contributed by atoms with Gasteiger partial charge in [0.1, 0.15) is 0 Å². The minimum atomic E-state index is -3.59. The number of piperazine rings is 1. The molecule has 0 bridgehead atoms. The number of piperidine rings is 1. The van der Waals surface area contributed by atoms with Gasteiger partial charge >= 0.3 is 0 Å². The van der Waals surface area contributed by atoms with E-state index in [2.05, 4.69) is 12.2 Å². The van der Waals surface area contributed by atoms with Crippen molar-refractivity contribution in [2.75, 3.05) is 32.7 Å². The summed E-state index contributed by atoms with van der Waals surface area (Å²) in [4.78, 5) is 15.1. The summed E-state index contributed by atoms with van der Waals surface area (Å²) in [7, 11) is -3.59. The Bertz CT molecular complexity index is 814. The van der Waals surface area contributed by atoms with Gasteiger partial charge in [0, 0.05) is 44.3 Å². The predicted octanol–water partition coefficient (Wildman–Crippen LogP) is 2.16. The van der Waals surface area contributed by atoms with E-state index in [1.54, 1.807) is 10.4 Å². The number of sulfonamides is 1. The summed E-state index contributed by atoms with van der Waals surface area (Å²) >= 11 is 0. The highest BCUT2D eigenvalue weighted by Gasteiger charge is 2.31. The largest absolute Gasteiger partial charge is 0.336 e. The summed E-state index contributed by atoms with van der Waals surface area (Å²) in [5, 5.41) is 3.32. The fourth-order valence-electron chi connectivity index (χ4n) is 3.88. The minimum Gasteiger partial charge on any atom is -0.336 e. The Morgan fingerprint density at radius 3 is 2.41 bits per heavy atom. The summed E-state index contributed by atoms with van der Waals surface area (Å²) in [6.07, 6.45) is 1.77. The van der Waals surface area contributed by atoms with Crippen LogP contribution in [0.1, 0.15) is 48.2 Å². The molecule has 2 fully saturated rings. The van der Waals surface area contributed by atoms with Crippen molar-refractivity contribution < 1.29 is 13.2 Å². The Hall–Kier alpha value is -1.44. The molecule has 0 saturated carbocycles. The fourth-order valence-corrected chi connectivity index (χ4v) is 5.68. The molecule has 3 rings (SSSR count). The van der Waals surface area contributed by atoms with Crippen LogP contribution < -0.4 is 5.32 Å². The highest BCUT2D eigenvalue weighted by molar-refractivity contribution is 7.89. The van der Waals surface area contributed by atoms with Crippen molar-refractivity contribution in [1.82, 2.24) is 14.5 Å². The van der Waals surface area contributed by atoms with Crippen LogP contribution >= 0.6 is 0 Å². The molecule has 1 N–H and O–H groups in total. The van der Waals surface area contributed by atoms with Gasteiger partial charge in [-0.05, 0) is 62.8 Å². The smallest absolute Gasteiger partial charge is 0.254 e. The molecule has 0 spiro atoms. The highest BCUT2D eigenvalue weighted by atomic mass is 32.2. The fraction of sp³-hybridized carbons (Fsp3) is 0.650. The summed E-state index contributed by atoms with van der Waals surface area (Å²) < 4.78 is 28.1. The van der Waals surface area contributed by atoms with E-state index in [1.807, 2.05) is 31.7 Å². The minimum absolute atomic E-state index is 0.0878. The second-order valence-corrected chi connectivity index (χ2v) is 10.0. The van der Waals surface area contributed by atoms with Crippen LogP contribution in [0.3, 0.4) is 0 Å². The van der Waals surface area contributed by atoms with Crippen LogP contribution in [-0.4, -0.2) is 62.3 Å². The number of amides is 1. The Morgan fingerprint density at radius 1 is 1.11 bits per heavy atom. The van der Waals surface area contributed by atoms with Gasteiger partial charge in [0.05, 0.1) is 4.90 Å². The maximum absolute atomic E-state index is 13.3. The van der Waals surface area contributed by atoms with E-state index in [-0.39, 0.29) is 16.8 Å². The number of hydrogen-bond donors (Lipinski definition) is 1. The number of nitrogens with one attached hydrogen (secondary N) is 1. The third-order valence-corrected chi connectivity index (χ3v) is 7.91. The van der Waals surface area contributed by atoms with Gasteiger partial charge < -0.3 is 10.2 Å². The molecular formula is C20H31N3O3S. The number of aryl methyl sites for hydroxylation is 1. The summed E-state index contributed by atoms with van der Waals surface area (Å²) in [6.45, 7) is 11.1. The molecule has 2 saturated heterocycles. The molecule has 1 aromatic carbocycles. The van der Waals surface area contributed by atoms with Crippen LogP contribution in [0, 0.1) is 19.8 Å². The third kappa shape index (κ3) is 4.20. The average Bonchev–Trinajstić information content (AvgIpc) is 2.63. The average molecular weight is 394 g/mol. The molecule has 1 unspecified atom stereocenters. The third-order valence-electron chi connectivity index (χ3n) is 5.88. The molecule has 1 atom stereocenters. The van der Waals surface area contributed by atoms with E-state index < -0.39 is 10.0 Å². The van der Waals surface area contributed by atoms with Crippen molar-refractivity contribution in [2.45, 2.75) is 51.5 Å². The summed E-state index contributed by atoms with van der Waals surface area (Å²) in [5.74, 6) is 0.470. The van der Waals surface area contributed by atoms with E-state index in [0.29, 0.717) is 37.7 Å². The molecule has 2 aliphatic heterocycles. The SMILES string of the molecule is Cc1cc(C(=O)N2CCNC(C)C2)cc(S(=O)(=O)N2CCC(C)CC2)c1C. The highest BCUT2D eigenvalue weighted by Crippen LogP contribution is 2.28. The number of rotatable bonds is 3. The Balaban J connectivity index is 1.93. The monoisotopic (exact) mass is 393 g/mol. The second-order valence-electron chi connectivity index (χ2n) is 8.11. The normalized spacial score (nSPS) is 22.8. The van der Waals surface area contributed by atoms with Gasteiger partial charge in [-0.2, -0.15) is 4.31 Å². The van der Waals surface area contributed by atoms with E-state index in [9.17, 15) is 13.2 Å². The lowest BCUT2D eigenvalue weighted by atomic mass is 10.0. The van der Waals surface area contributed by atoms with Gasteiger partial charge in [0.15, 0.2) is 0 Å². The van der Waals surface area contributed by atoms with Crippen LogP contribution in [0.4, 0.5) is 0 Å². The molecule has 0 aliphatic carbocycles. The molecule has 1 aromatic rings. The second kappa shape index (κ2) is 7.89. The van der Waals surface area contributed by atoms with E-state index in [0.717, 1.165) is 30.5 Å². The lowest BCUT2D eigenvalue weighted by Gasteiger charge is -2.32. The molecule has 7 heteroatoms. The van der Waals surface area contributed by atoms with E-state index >= 15 is 0 Å². The molecule has 0 radical (unpaired) electrons. The first-order chi connectivity index (χ1) is 12.7.